The van der Waals surface area contributed by atoms with E-state index in [1.54, 1.807) is 29.2 Å². The van der Waals surface area contributed by atoms with Gasteiger partial charge in [-0.15, -0.1) is 0 Å². The second kappa shape index (κ2) is 5.18. The first-order chi connectivity index (χ1) is 8.61. The van der Waals surface area contributed by atoms with Gasteiger partial charge in [0, 0.05) is 30.3 Å². The summed E-state index contributed by atoms with van der Waals surface area (Å²) < 4.78 is 0. The van der Waals surface area contributed by atoms with Gasteiger partial charge in [0.1, 0.15) is 0 Å². The van der Waals surface area contributed by atoms with Crippen molar-refractivity contribution in [2.45, 2.75) is 12.5 Å². The predicted molar refractivity (Wildman–Crippen MR) is 68.3 cm³/mol. The number of benzene rings is 1. The first-order valence-corrected chi connectivity index (χ1v) is 5.98. The Hall–Kier alpha value is -1.88. The molecule has 0 saturated carbocycles. The quantitative estimate of drug-likeness (QED) is 0.802. The van der Waals surface area contributed by atoms with Crippen LogP contribution in [0.15, 0.2) is 24.3 Å². The van der Waals surface area contributed by atoms with Gasteiger partial charge in [-0.2, -0.15) is 0 Å². The minimum Gasteiger partial charge on any atom is -0.366 e. The first kappa shape index (κ1) is 12.6. The third-order valence-corrected chi connectivity index (χ3v) is 3.28. The molecule has 1 aromatic rings. The lowest BCUT2D eigenvalue weighted by Crippen LogP contribution is -2.33. The van der Waals surface area contributed by atoms with Gasteiger partial charge in [-0.05, 0) is 31.7 Å². The molecule has 5 nitrogen and oxygen atoms in total. The molecule has 1 aliphatic heterocycles. The number of rotatable bonds is 3. The van der Waals surface area contributed by atoms with Crippen molar-refractivity contribution in [3.05, 3.63) is 35.4 Å². The predicted octanol–water partition coefficient (Wildman–Crippen LogP) is 0.219. The van der Waals surface area contributed by atoms with Crippen LogP contribution in [0.25, 0.3) is 0 Å². The van der Waals surface area contributed by atoms with Crippen molar-refractivity contribution in [3.63, 3.8) is 0 Å². The number of likely N-dealkylation sites (N-methyl/N-ethyl adjacent to an activating group) is 1. The zero-order valence-electron chi connectivity index (χ0n) is 10.3. The molecular formula is C13H17N3O2. The number of nitrogens with two attached hydrogens (primary N) is 1. The number of amides is 2. The number of nitrogens with zero attached hydrogens (tertiary/aromatic N) is 1. The van der Waals surface area contributed by atoms with E-state index >= 15 is 0 Å². The van der Waals surface area contributed by atoms with Crippen LogP contribution >= 0.6 is 0 Å². The van der Waals surface area contributed by atoms with Gasteiger partial charge in [0.2, 0.25) is 5.91 Å². The summed E-state index contributed by atoms with van der Waals surface area (Å²) in [4.78, 5) is 25.1. The molecule has 2 amide bonds. The summed E-state index contributed by atoms with van der Waals surface area (Å²) in [6, 6.07) is 6.91. The molecule has 1 atom stereocenters. The Labute approximate surface area is 106 Å². The van der Waals surface area contributed by atoms with Crippen LogP contribution in [0.4, 0.5) is 0 Å². The van der Waals surface area contributed by atoms with E-state index in [9.17, 15) is 9.59 Å². The Balaban J connectivity index is 2.14. The molecular weight excluding hydrogens is 230 g/mol. The maximum absolute atomic E-state index is 12.2. The van der Waals surface area contributed by atoms with Crippen LogP contribution in [-0.2, 0) is 0 Å². The van der Waals surface area contributed by atoms with E-state index in [2.05, 4.69) is 5.32 Å². The van der Waals surface area contributed by atoms with E-state index in [1.807, 2.05) is 7.05 Å². The van der Waals surface area contributed by atoms with E-state index in [0.29, 0.717) is 23.7 Å². The summed E-state index contributed by atoms with van der Waals surface area (Å²) in [7, 11) is 1.90. The van der Waals surface area contributed by atoms with Crippen molar-refractivity contribution >= 4 is 11.8 Å². The van der Waals surface area contributed by atoms with Gasteiger partial charge in [0.15, 0.2) is 0 Å². The molecule has 3 N–H and O–H groups in total. The molecule has 1 fully saturated rings. The van der Waals surface area contributed by atoms with Crippen LogP contribution in [-0.4, -0.2) is 42.9 Å². The third-order valence-electron chi connectivity index (χ3n) is 3.28. The highest BCUT2D eigenvalue weighted by Crippen LogP contribution is 2.14. The molecule has 1 aromatic carbocycles. The average Bonchev–Trinajstić information content (AvgIpc) is 2.86. The fraction of sp³-hybridized carbons (Fsp3) is 0.385. The van der Waals surface area contributed by atoms with Crippen LogP contribution < -0.4 is 11.1 Å². The van der Waals surface area contributed by atoms with Crippen molar-refractivity contribution < 1.29 is 9.59 Å². The number of carbonyl (C=O) groups excluding carboxylic acids is 2. The van der Waals surface area contributed by atoms with Crippen molar-refractivity contribution in [1.29, 1.82) is 0 Å². The Morgan fingerprint density at radius 3 is 2.72 bits per heavy atom. The number of primary amides is 1. The zero-order valence-corrected chi connectivity index (χ0v) is 10.3. The molecule has 0 radical (unpaired) electrons. The number of likely N-dealkylation sites (tertiary alicyclic amines) is 1. The van der Waals surface area contributed by atoms with E-state index < -0.39 is 5.91 Å². The van der Waals surface area contributed by atoms with Gasteiger partial charge in [-0.3, -0.25) is 9.59 Å². The molecule has 96 valence electrons. The number of hydrogen-bond donors (Lipinski definition) is 2. The average molecular weight is 247 g/mol. The van der Waals surface area contributed by atoms with Crippen LogP contribution in [0.1, 0.15) is 27.1 Å². The molecule has 0 aliphatic carbocycles. The Kier molecular flexibility index (Phi) is 3.62. The first-order valence-electron chi connectivity index (χ1n) is 5.98. The summed E-state index contributed by atoms with van der Waals surface area (Å²) in [5, 5.41) is 3.16. The summed E-state index contributed by atoms with van der Waals surface area (Å²) in [6.07, 6.45) is 0.956. The Morgan fingerprint density at radius 1 is 1.39 bits per heavy atom. The maximum atomic E-state index is 12.2. The zero-order chi connectivity index (χ0) is 13.1. The highest BCUT2D eigenvalue weighted by Gasteiger charge is 2.25. The molecule has 1 aliphatic rings. The Morgan fingerprint density at radius 2 is 2.11 bits per heavy atom. The van der Waals surface area contributed by atoms with Crippen LogP contribution in [0.2, 0.25) is 0 Å². The topological polar surface area (TPSA) is 75.4 Å². The molecule has 2 rings (SSSR count). The number of carbonyl (C=O) groups is 2. The largest absolute Gasteiger partial charge is 0.366 e. The fourth-order valence-corrected chi connectivity index (χ4v) is 2.17. The summed E-state index contributed by atoms with van der Waals surface area (Å²) in [5.41, 5.74) is 6.09. The standard InChI is InChI=1S/C13H17N3O2/c1-15-11-5-6-16(8-11)13(18)10-4-2-3-9(7-10)12(14)17/h2-4,7,11,15H,5-6,8H2,1H3,(H2,14,17). The van der Waals surface area contributed by atoms with E-state index in [4.69, 9.17) is 5.73 Å². The molecule has 1 heterocycles. The van der Waals surface area contributed by atoms with Crippen molar-refractivity contribution in [3.8, 4) is 0 Å². The molecule has 0 spiro atoms. The molecule has 18 heavy (non-hydrogen) atoms. The minimum absolute atomic E-state index is 0.0455. The summed E-state index contributed by atoms with van der Waals surface area (Å²) in [6.45, 7) is 1.45. The molecule has 0 aromatic heterocycles. The molecule has 1 saturated heterocycles. The van der Waals surface area contributed by atoms with Gasteiger partial charge in [-0.25, -0.2) is 0 Å². The highest BCUT2D eigenvalue weighted by atomic mass is 16.2. The lowest BCUT2D eigenvalue weighted by atomic mass is 10.1. The number of nitrogens with one attached hydrogen (secondary N) is 1. The van der Waals surface area contributed by atoms with Gasteiger partial charge in [0.25, 0.3) is 5.91 Å². The third kappa shape index (κ3) is 2.51. The smallest absolute Gasteiger partial charge is 0.253 e. The fourth-order valence-electron chi connectivity index (χ4n) is 2.17. The molecule has 0 bridgehead atoms. The van der Waals surface area contributed by atoms with E-state index in [0.717, 1.165) is 13.0 Å². The second-order valence-electron chi connectivity index (χ2n) is 4.47. The molecule has 5 heteroatoms. The van der Waals surface area contributed by atoms with Crippen molar-refractivity contribution in [2.75, 3.05) is 20.1 Å². The minimum atomic E-state index is -0.515. The monoisotopic (exact) mass is 247 g/mol. The highest BCUT2D eigenvalue weighted by molar-refractivity contribution is 5.99. The van der Waals surface area contributed by atoms with Gasteiger partial charge in [0.05, 0.1) is 0 Å². The van der Waals surface area contributed by atoms with Crippen molar-refractivity contribution in [2.24, 2.45) is 5.73 Å². The van der Waals surface area contributed by atoms with E-state index in [1.165, 1.54) is 0 Å². The lowest BCUT2D eigenvalue weighted by molar-refractivity contribution is 0.0789. The lowest BCUT2D eigenvalue weighted by Gasteiger charge is -2.16. The molecule has 1 unspecified atom stereocenters. The second-order valence-corrected chi connectivity index (χ2v) is 4.47. The van der Waals surface area contributed by atoms with Crippen LogP contribution in [0.5, 0.6) is 0 Å². The van der Waals surface area contributed by atoms with Gasteiger partial charge < -0.3 is 16.0 Å². The number of hydrogen-bond acceptors (Lipinski definition) is 3. The maximum Gasteiger partial charge on any atom is 0.253 e. The Bertz CT molecular complexity index is 473. The summed E-state index contributed by atoms with van der Waals surface area (Å²) in [5.74, 6) is -0.560. The normalized spacial score (nSPS) is 18.9. The summed E-state index contributed by atoms with van der Waals surface area (Å²) >= 11 is 0. The SMILES string of the molecule is CNC1CCN(C(=O)c2cccc(C(N)=O)c2)C1. The van der Waals surface area contributed by atoms with Crippen molar-refractivity contribution in [1.82, 2.24) is 10.2 Å². The van der Waals surface area contributed by atoms with E-state index in [-0.39, 0.29) is 5.91 Å². The van der Waals surface area contributed by atoms with Crippen LogP contribution in [0.3, 0.4) is 0 Å². The van der Waals surface area contributed by atoms with Gasteiger partial charge in [-0.1, -0.05) is 6.07 Å². The van der Waals surface area contributed by atoms with Gasteiger partial charge >= 0.3 is 0 Å². The van der Waals surface area contributed by atoms with Crippen LogP contribution in [0, 0.1) is 0 Å².